The van der Waals surface area contributed by atoms with Crippen LogP contribution in [0.3, 0.4) is 0 Å². The molecule has 2 N–H and O–H groups in total. The van der Waals surface area contributed by atoms with Crippen LogP contribution in [0.4, 0.5) is 5.69 Å². The Labute approximate surface area is 169 Å². The number of aryl methyl sites for hydroxylation is 1. The van der Waals surface area contributed by atoms with Crippen molar-refractivity contribution < 1.29 is 19.4 Å². The summed E-state index contributed by atoms with van der Waals surface area (Å²) in [5.41, 5.74) is 1.28. The van der Waals surface area contributed by atoms with Gasteiger partial charge in [-0.05, 0) is 67.6 Å². The highest BCUT2D eigenvalue weighted by Crippen LogP contribution is 2.39. The molecule has 1 fully saturated rings. The Kier molecular flexibility index (Phi) is 5.94. The molecule has 0 aromatic heterocycles. The standard InChI is InChI=1S/C22H24ClNO4/c1-14-10-17(23)13-18(11-14)24-20(25)12-16-5-7-19(8-6-16)28-22(21(26)27)9-3-4-15(22)2/h5-8,10-11,13,15H,3-4,9,12H2,1-2H3,(H,24,25)(H,26,27). The molecular weight excluding hydrogens is 378 g/mol. The molecule has 6 heteroatoms. The lowest BCUT2D eigenvalue weighted by molar-refractivity contribution is -0.158. The number of ether oxygens (including phenoxy) is 1. The van der Waals surface area contributed by atoms with Crippen LogP contribution in [0.25, 0.3) is 0 Å². The van der Waals surface area contributed by atoms with Crippen LogP contribution in [-0.4, -0.2) is 22.6 Å². The van der Waals surface area contributed by atoms with E-state index in [9.17, 15) is 14.7 Å². The molecule has 3 rings (SSSR count). The first kappa shape index (κ1) is 20.2. The van der Waals surface area contributed by atoms with Crippen molar-refractivity contribution in [3.63, 3.8) is 0 Å². The molecule has 0 heterocycles. The van der Waals surface area contributed by atoms with Gasteiger partial charge in [0.25, 0.3) is 0 Å². The largest absolute Gasteiger partial charge is 0.478 e. The Hall–Kier alpha value is -2.53. The zero-order chi connectivity index (χ0) is 20.3. The molecule has 0 aliphatic heterocycles. The fourth-order valence-electron chi connectivity index (χ4n) is 3.75. The van der Waals surface area contributed by atoms with E-state index in [0.29, 0.717) is 22.9 Å². The van der Waals surface area contributed by atoms with E-state index in [1.807, 2.05) is 26.0 Å². The van der Waals surface area contributed by atoms with Gasteiger partial charge in [-0.1, -0.05) is 30.7 Å². The summed E-state index contributed by atoms with van der Waals surface area (Å²) in [6, 6.07) is 12.4. The number of hydrogen-bond acceptors (Lipinski definition) is 3. The molecule has 28 heavy (non-hydrogen) atoms. The monoisotopic (exact) mass is 401 g/mol. The van der Waals surface area contributed by atoms with Gasteiger partial charge in [0.15, 0.2) is 0 Å². The van der Waals surface area contributed by atoms with Gasteiger partial charge in [0.1, 0.15) is 5.75 Å². The average Bonchev–Trinajstić information content (AvgIpc) is 2.97. The summed E-state index contributed by atoms with van der Waals surface area (Å²) in [7, 11) is 0. The van der Waals surface area contributed by atoms with Crippen LogP contribution < -0.4 is 10.1 Å². The number of aliphatic carboxylic acids is 1. The predicted molar refractivity (Wildman–Crippen MR) is 109 cm³/mol. The van der Waals surface area contributed by atoms with Gasteiger partial charge < -0.3 is 15.2 Å². The highest BCUT2D eigenvalue weighted by Gasteiger charge is 2.49. The first-order valence-corrected chi connectivity index (χ1v) is 9.75. The molecule has 2 atom stereocenters. The topological polar surface area (TPSA) is 75.6 Å². The van der Waals surface area contributed by atoms with Crippen molar-refractivity contribution in [2.24, 2.45) is 5.92 Å². The Balaban J connectivity index is 1.64. The number of carboxylic acid groups (broad SMARTS) is 1. The van der Waals surface area contributed by atoms with Gasteiger partial charge in [0.05, 0.1) is 6.42 Å². The number of carbonyl (C=O) groups is 2. The maximum atomic E-state index is 12.3. The van der Waals surface area contributed by atoms with Crippen LogP contribution in [0.2, 0.25) is 5.02 Å². The van der Waals surface area contributed by atoms with E-state index in [0.717, 1.165) is 24.0 Å². The number of carboxylic acids is 1. The van der Waals surface area contributed by atoms with Gasteiger partial charge in [-0.3, -0.25) is 4.79 Å². The highest BCUT2D eigenvalue weighted by atomic mass is 35.5. The summed E-state index contributed by atoms with van der Waals surface area (Å²) < 4.78 is 5.90. The van der Waals surface area contributed by atoms with Crippen molar-refractivity contribution in [2.75, 3.05) is 5.32 Å². The lowest BCUT2D eigenvalue weighted by atomic mass is 9.92. The Morgan fingerprint density at radius 2 is 1.96 bits per heavy atom. The molecule has 0 radical (unpaired) electrons. The fraction of sp³-hybridized carbons (Fsp3) is 0.364. The van der Waals surface area contributed by atoms with Gasteiger partial charge in [0, 0.05) is 16.6 Å². The zero-order valence-corrected chi connectivity index (χ0v) is 16.8. The SMILES string of the molecule is Cc1cc(Cl)cc(NC(=O)Cc2ccc(OC3(C(=O)O)CCCC3C)cc2)c1. The molecule has 1 saturated carbocycles. The molecule has 0 saturated heterocycles. The van der Waals surface area contributed by atoms with Gasteiger partial charge in [-0.15, -0.1) is 0 Å². The Morgan fingerprint density at radius 3 is 2.54 bits per heavy atom. The van der Waals surface area contributed by atoms with Crippen molar-refractivity contribution in [2.45, 2.75) is 45.1 Å². The third kappa shape index (κ3) is 4.47. The van der Waals surface area contributed by atoms with E-state index in [-0.39, 0.29) is 18.2 Å². The first-order valence-electron chi connectivity index (χ1n) is 9.37. The second kappa shape index (κ2) is 8.23. The minimum Gasteiger partial charge on any atom is -0.478 e. The molecule has 1 aliphatic rings. The lowest BCUT2D eigenvalue weighted by Crippen LogP contribution is -2.46. The number of benzene rings is 2. The highest BCUT2D eigenvalue weighted by molar-refractivity contribution is 6.31. The summed E-state index contributed by atoms with van der Waals surface area (Å²) in [5.74, 6) is -0.609. The second-order valence-electron chi connectivity index (χ2n) is 7.48. The van der Waals surface area contributed by atoms with Crippen molar-refractivity contribution in [1.82, 2.24) is 0 Å². The minimum atomic E-state index is -1.16. The Morgan fingerprint density at radius 1 is 1.25 bits per heavy atom. The van der Waals surface area contributed by atoms with E-state index in [2.05, 4.69) is 5.32 Å². The smallest absolute Gasteiger partial charge is 0.348 e. The quantitative estimate of drug-likeness (QED) is 0.725. The summed E-state index contributed by atoms with van der Waals surface area (Å²) in [6.45, 7) is 3.83. The van der Waals surface area contributed by atoms with E-state index in [4.69, 9.17) is 16.3 Å². The number of anilines is 1. The number of nitrogens with one attached hydrogen (secondary N) is 1. The zero-order valence-electron chi connectivity index (χ0n) is 16.0. The van der Waals surface area contributed by atoms with Gasteiger partial charge >= 0.3 is 5.97 Å². The molecule has 2 aromatic carbocycles. The van der Waals surface area contributed by atoms with Gasteiger partial charge in [-0.2, -0.15) is 0 Å². The summed E-state index contributed by atoms with van der Waals surface area (Å²) >= 11 is 6.02. The van der Waals surface area contributed by atoms with E-state index >= 15 is 0 Å². The van der Waals surface area contributed by atoms with Crippen LogP contribution in [0.15, 0.2) is 42.5 Å². The number of halogens is 1. The molecule has 148 valence electrons. The summed E-state index contributed by atoms with van der Waals surface area (Å²) in [5, 5.41) is 13.1. The molecule has 1 aliphatic carbocycles. The number of hydrogen-bond donors (Lipinski definition) is 2. The minimum absolute atomic E-state index is 0.0448. The molecule has 2 unspecified atom stereocenters. The second-order valence-corrected chi connectivity index (χ2v) is 7.91. The molecule has 5 nitrogen and oxygen atoms in total. The van der Waals surface area contributed by atoms with Gasteiger partial charge in [0.2, 0.25) is 11.5 Å². The molecular formula is C22H24ClNO4. The normalized spacial score (nSPS) is 21.3. The fourth-order valence-corrected chi connectivity index (χ4v) is 4.04. The Bertz CT molecular complexity index is 860. The predicted octanol–water partition coefficient (Wildman–Crippen LogP) is 4.85. The van der Waals surface area contributed by atoms with Crippen LogP contribution in [-0.2, 0) is 16.0 Å². The van der Waals surface area contributed by atoms with E-state index in [1.54, 1.807) is 30.3 Å². The molecule has 1 amide bonds. The van der Waals surface area contributed by atoms with Crippen molar-refractivity contribution in [3.8, 4) is 5.75 Å². The third-order valence-electron chi connectivity index (χ3n) is 5.26. The van der Waals surface area contributed by atoms with E-state index < -0.39 is 11.6 Å². The summed E-state index contributed by atoms with van der Waals surface area (Å²) in [6.07, 6.45) is 2.39. The molecule has 0 spiro atoms. The first-order chi connectivity index (χ1) is 13.3. The van der Waals surface area contributed by atoms with Gasteiger partial charge in [-0.25, -0.2) is 4.79 Å². The van der Waals surface area contributed by atoms with Crippen LogP contribution in [0.1, 0.15) is 37.3 Å². The number of rotatable bonds is 6. The molecule has 2 aromatic rings. The van der Waals surface area contributed by atoms with Crippen LogP contribution >= 0.6 is 11.6 Å². The van der Waals surface area contributed by atoms with Crippen molar-refractivity contribution in [3.05, 3.63) is 58.6 Å². The third-order valence-corrected chi connectivity index (χ3v) is 5.48. The van der Waals surface area contributed by atoms with Crippen LogP contribution in [0.5, 0.6) is 5.75 Å². The lowest BCUT2D eigenvalue weighted by Gasteiger charge is -2.30. The number of carbonyl (C=O) groups excluding carboxylic acids is 1. The maximum Gasteiger partial charge on any atom is 0.348 e. The van der Waals surface area contributed by atoms with Crippen molar-refractivity contribution in [1.29, 1.82) is 0 Å². The molecule has 0 bridgehead atoms. The van der Waals surface area contributed by atoms with Crippen molar-refractivity contribution >= 4 is 29.2 Å². The van der Waals surface area contributed by atoms with E-state index in [1.165, 1.54) is 0 Å². The maximum absolute atomic E-state index is 12.3. The summed E-state index contributed by atoms with van der Waals surface area (Å²) in [4.78, 5) is 24.1. The van der Waals surface area contributed by atoms with Crippen LogP contribution in [0, 0.1) is 12.8 Å². The number of amides is 1. The average molecular weight is 402 g/mol.